The summed E-state index contributed by atoms with van der Waals surface area (Å²) in [6.45, 7) is 5.48. The number of carbonyl (C=O) groups excluding carboxylic acids is 2. The minimum atomic E-state index is -0.144. The number of nitrogens with zero attached hydrogens (tertiary/aromatic N) is 2. The third-order valence-electron chi connectivity index (χ3n) is 3.08. The van der Waals surface area contributed by atoms with Gasteiger partial charge in [0.2, 0.25) is 11.8 Å². The lowest BCUT2D eigenvalue weighted by molar-refractivity contribution is -0.117. The highest BCUT2D eigenvalue weighted by atomic mass is 127. The SMILES string of the molecule is CC(=O)Nc1ccc(NC(=O)Cn2nc(C)c(I)c2C)cc1. The first-order valence-corrected chi connectivity index (χ1v) is 7.81. The molecule has 0 aliphatic rings. The van der Waals surface area contributed by atoms with Crippen molar-refractivity contribution in [2.24, 2.45) is 0 Å². The number of nitrogens with one attached hydrogen (secondary N) is 2. The van der Waals surface area contributed by atoms with Gasteiger partial charge in [0.25, 0.3) is 0 Å². The second-order valence-corrected chi connectivity index (χ2v) is 6.03. The fourth-order valence-electron chi connectivity index (χ4n) is 2.01. The first-order valence-electron chi connectivity index (χ1n) is 6.74. The number of rotatable bonds is 4. The minimum Gasteiger partial charge on any atom is -0.326 e. The van der Waals surface area contributed by atoms with Crippen molar-refractivity contribution in [3.63, 3.8) is 0 Å². The van der Waals surface area contributed by atoms with Crippen LogP contribution in [0.3, 0.4) is 0 Å². The summed E-state index contributed by atoms with van der Waals surface area (Å²) in [5.74, 6) is -0.273. The van der Waals surface area contributed by atoms with E-state index in [4.69, 9.17) is 0 Å². The molecule has 1 aromatic carbocycles. The number of hydrogen-bond acceptors (Lipinski definition) is 3. The Morgan fingerprint density at radius 3 is 2.14 bits per heavy atom. The molecule has 0 unspecified atom stereocenters. The molecule has 2 aromatic rings. The van der Waals surface area contributed by atoms with Gasteiger partial charge in [-0.15, -0.1) is 0 Å². The van der Waals surface area contributed by atoms with Gasteiger partial charge in [-0.2, -0.15) is 5.10 Å². The predicted octanol–water partition coefficient (Wildman–Crippen LogP) is 2.70. The Morgan fingerprint density at radius 2 is 1.68 bits per heavy atom. The Labute approximate surface area is 142 Å². The molecule has 2 amide bonds. The van der Waals surface area contributed by atoms with Crippen molar-refractivity contribution in [3.8, 4) is 0 Å². The highest BCUT2D eigenvalue weighted by molar-refractivity contribution is 14.1. The van der Waals surface area contributed by atoms with E-state index in [2.05, 4.69) is 38.3 Å². The smallest absolute Gasteiger partial charge is 0.246 e. The molecule has 0 radical (unpaired) electrons. The normalized spacial score (nSPS) is 10.4. The maximum absolute atomic E-state index is 12.1. The van der Waals surface area contributed by atoms with Crippen molar-refractivity contribution in [1.29, 1.82) is 0 Å². The summed E-state index contributed by atoms with van der Waals surface area (Å²) in [5, 5.41) is 9.83. The Balaban J connectivity index is 1.99. The molecule has 2 N–H and O–H groups in total. The maximum atomic E-state index is 12.1. The largest absolute Gasteiger partial charge is 0.326 e. The summed E-state index contributed by atoms with van der Waals surface area (Å²) in [7, 11) is 0. The number of aryl methyl sites for hydroxylation is 1. The Morgan fingerprint density at radius 1 is 1.14 bits per heavy atom. The molecular weight excluding hydrogens is 395 g/mol. The van der Waals surface area contributed by atoms with Crippen LogP contribution in [-0.2, 0) is 16.1 Å². The average Bonchev–Trinajstić information content (AvgIpc) is 2.68. The van der Waals surface area contributed by atoms with Crippen LogP contribution in [0.5, 0.6) is 0 Å². The highest BCUT2D eigenvalue weighted by Gasteiger charge is 2.11. The molecule has 22 heavy (non-hydrogen) atoms. The van der Waals surface area contributed by atoms with Gasteiger partial charge in [0.15, 0.2) is 0 Å². The number of anilines is 2. The van der Waals surface area contributed by atoms with Gasteiger partial charge in [-0.25, -0.2) is 0 Å². The number of halogens is 1. The highest BCUT2D eigenvalue weighted by Crippen LogP contribution is 2.16. The molecule has 1 heterocycles. The number of hydrogen-bond donors (Lipinski definition) is 2. The van der Waals surface area contributed by atoms with Gasteiger partial charge >= 0.3 is 0 Å². The van der Waals surface area contributed by atoms with E-state index in [1.165, 1.54) is 6.92 Å². The van der Waals surface area contributed by atoms with E-state index < -0.39 is 0 Å². The van der Waals surface area contributed by atoms with Crippen molar-refractivity contribution < 1.29 is 9.59 Å². The molecule has 116 valence electrons. The fraction of sp³-hybridized carbons (Fsp3) is 0.267. The second kappa shape index (κ2) is 6.91. The zero-order chi connectivity index (χ0) is 16.3. The van der Waals surface area contributed by atoms with Gasteiger partial charge in [-0.3, -0.25) is 14.3 Å². The summed E-state index contributed by atoms with van der Waals surface area (Å²) >= 11 is 2.22. The zero-order valence-electron chi connectivity index (χ0n) is 12.6. The number of carbonyl (C=O) groups is 2. The van der Waals surface area contributed by atoms with Crippen LogP contribution in [0.15, 0.2) is 24.3 Å². The molecule has 0 aliphatic carbocycles. The van der Waals surface area contributed by atoms with Crippen LogP contribution in [0.25, 0.3) is 0 Å². The summed E-state index contributed by atoms with van der Waals surface area (Å²) in [5.41, 5.74) is 3.27. The lowest BCUT2D eigenvalue weighted by Crippen LogP contribution is -2.20. The molecule has 0 bridgehead atoms. The monoisotopic (exact) mass is 412 g/mol. The summed E-state index contributed by atoms with van der Waals surface area (Å²) < 4.78 is 2.77. The number of aromatic nitrogens is 2. The average molecular weight is 412 g/mol. The van der Waals surface area contributed by atoms with Crippen LogP contribution < -0.4 is 10.6 Å². The van der Waals surface area contributed by atoms with Crippen LogP contribution in [0.4, 0.5) is 11.4 Å². The van der Waals surface area contributed by atoms with Crippen molar-refractivity contribution in [2.75, 3.05) is 10.6 Å². The lowest BCUT2D eigenvalue weighted by atomic mass is 10.2. The van der Waals surface area contributed by atoms with E-state index in [9.17, 15) is 9.59 Å². The number of amides is 2. The lowest BCUT2D eigenvalue weighted by Gasteiger charge is -2.08. The van der Waals surface area contributed by atoms with Gasteiger partial charge in [0.1, 0.15) is 6.54 Å². The molecule has 7 heteroatoms. The van der Waals surface area contributed by atoms with E-state index in [0.29, 0.717) is 11.4 Å². The molecular formula is C15H17IN4O2. The van der Waals surface area contributed by atoms with Crippen LogP contribution in [0.2, 0.25) is 0 Å². The van der Waals surface area contributed by atoms with E-state index in [-0.39, 0.29) is 18.4 Å². The van der Waals surface area contributed by atoms with Crippen molar-refractivity contribution >= 4 is 45.8 Å². The third-order valence-corrected chi connectivity index (χ3v) is 4.64. The third kappa shape index (κ3) is 4.06. The van der Waals surface area contributed by atoms with Crippen LogP contribution in [0, 0.1) is 17.4 Å². The molecule has 0 saturated carbocycles. The number of benzene rings is 1. The minimum absolute atomic E-state index is 0.129. The first-order chi connectivity index (χ1) is 10.4. The molecule has 0 fully saturated rings. The zero-order valence-corrected chi connectivity index (χ0v) is 14.8. The Kier molecular flexibility index (Phi) is 5.17. The van der Waals surface area contributed by atoms with Crippen molar-refractivity contribution in [3.05, 3.63) is 39.2 Å². The molecule has 0 aliphatic heterocycles. The molecule has 0 atom stereocenters. The van der Waals surface area contributed by atoms with Gasteiger partial charge in [-0.05, 0) is 60.7 Å². The predicted molar refractivity (Wildman–Crippen MR) is 93.8 cm³/mol. The van der Waals surface area contributed by atoms with Gasteiger partial charge < -0.3 is 10.6 Å². The van der Waals surface area contributed by atoms with Gasteiger partial charge in [0, 0.05) is 24.0 Å². The quantitative estimate of drug-likeness (QED) is 0.759. The second-order valence-electron chi connectivity index (χ2n) is 4.95. The van der Waals surface area contributed by atoms with Crippen LogP contribution in [-0.4, -0.2) is 21.6 Å². The van der Waals surface area contributed by atoms with E-state index in [1.807, 2.05) is 13.8 Å². The van der Waals surface area contributed by atoms with Crippen LogP contribution in [0.1, 0.15) is 18.3 Å². The molecule has 1 aromatic heterocycles. The van der Waals surface area contributed by atoms with E-state index in [1.54, 1.807) is 28.9 Å². The molecule has 2 rings (SSSR count). The Bertz CT molecular complexity index is 707. The summed E-state index contributed by atoms with van der Waals surface area (Å²) in [6, 6.07) is 6.97. The molecule has 6 nitrogen and oxygen atoms in total. The standard InChI is InChI=1S/C15H17IN4O2/c1-9-15(16)10(2)20(19-9)8-14(22)18-13-6-4-12(5-7-13)17-11(3)21/h4-7H,8H2,1-3H3,(H,17,21)(H,18,22). The van der Waals surface area contributed by atoms with Crippen molar-refractivity contribution in [2.45, 2.75) is 27.3 Å². The van der Waals surface area contributed by atoms with E-state index >= 15 is 0 Å². The van der Waals surface area contributed by atoms with Gasteiger partial charge in [0.05, 0.1) is 9.26 Å². The van der Waals surface area contributed by atoms with Crippen molar-refractivity contribution in [1.82, 2.24) is 9.78 Å². The summed E-state index contributed by atoms with van der Waals surface area (Å²) in [4.78, 5) is 23.0. The topological polar surface area (TPSA) is 76.0 Å². The fourth-order valence-corrected chi connectivity index (χ4v) is 2.39. The molecule has 0 spiro atoms. The molecule has 0 saturated heterocycles. The van der Waals surface area contributed by atoms with E-state index in [0.717, 1.165) is 15.0 Å². The van der Waals surface area contributed by atoms with Crippen LogP contribution >= 0.6 is 22.6 Å². The Hall–Kier alpha value is -1.90. The van der Waals surface area contributed by atoms with Gasteiger partial charge in [-0.1, -0.05) is 0 Å². The maximum Gasteiger partial charge on any atom is 0.246 e. The summed E-state index contributed by atoms with van der Waals surface area (Å²) in [6.07, 6.45) is 0. The first kappa shape index (κ1) is 16.5.